The van der Waals surface area contributed by atoms with E-state index in [0.717, 1.165) is 73.4 Å². The minimum absolute atomic E-state index is 0.413. The first kappa shape index (κ1) is 26.1. The van der Waals surface area contributed by atoms with E-state index < -0.39 is 0 Å². The van der Waals surface area contributed by atoms with Crippen LogP contribution in [0.3, 0.4) is 0 Å². The average molecular weight is 486 g/mol. The zero-order valence-corrected chi connectivity index (χ0v) is 21.8. The lowest BCUT2D eigenvalue weighted by Crippen LogP contribution is -2.50. The number of nitrogens with one attached hydrogen (secondary N) is 1. The van der Waals surface area contributed by atoms with Gasteiger partial charge in [0.2, 0.25) is 0 Å². The van der Waals surface area contributed by atoms with Crippen LogP contribution in [0.1, 0.15) is 37.8 Å². The summed E-state index contributed by atoms with van der Waals surface area (Å²) in [5, 5.41) is 4.32. The van der Waals surface area contributed by atoms with Gasteiger partial charge in [-0.05, 0) is 89.2 Å². The zero-order valence-electron chi connectivity index (χ0n) is 21.0. The molecule has 0 amide bonds. The highest BCUT2D eigenvalue weighted by molar-refractivity contribution is 7.80. The maximum absolute atomic E-state index is 5.92. The van der Waals surface area contributed by atoms with E-state index in [-0.39, 0.29) is 0 Å². The van der Waals surface area contributed by atoms with Crippen molar-refractivity contribution in [3.05, 3.63) is 53.6 Å². The third kappa shape index (κ3) is 7.24. The summed E-state index contributed by atoms with van der Waals surface area (Å²) in [6, 6.07) is 14.8. The fourth-order valence-corrected chi connectivity index (χ4v) is 4.67. The molecule has 1 aliphatic rings. The molecule has 6 nitrogen and oxygen atoms in total. The van der Waals surface area contributed by atoms with Crippen LogP contribution >= 0.6 is 12.2 Å². The van der Waals surface area contributed by atoms with Crippen molar-refractivity contribution < 1.29 is 14.2 Å². The van der Waals surface area contributed by atoms with Crippen molar-refractivity contribution in [3.8, 4) is 17.2 Å². The van der Waals surface area contributed by atoms with Crippen molar-refractivity contribution in [2.45, 2.75) is 45.7 Å². The molecule has 1 saturated heterocycles. The number of thiocarbonyl (C=S) groups is 1. The topological polar surface area (TPSA) is 46.2 Å². The summed E-state index contributed by atoms with van der Waals surface area (Å²) in [6.07, 6.45) is 3.05. The van der Waals surface area contributed by atoms with Gasteiger partial charge >= 0.3 is 0 Å². The van der Waals surface area contributed by atoms with Crippen LogP contribution in [0.2, 0.25) is 0 Å². The van der Waals surface area contributed by atoms with E-state index in [1.807, 2.05) is 32.0 Å². The van der Waals surface area contributed by atoms with E-state index in [4.69, 9.17) is 26.4 Å². The number of benzene rings is 2. The number of rotatable bonds is 11. The van der Waals surface area contributed by atoms with Crippen LogP contribution in [-0.2, 0) is 13.0 Å². The first-order valence-corrected chi connectivity index (χ1v) is 12.7. The molecule has 2 aromatic rings. The predicted molar refractivity (Wildman–Crippen MR) is 142 cm³/mol. The van der Waals surface area contributed by atoms with E-state index in [1.165, 1.54) is 5.56 Å². The highest BCUT2D eigenvalue weighted by Crippen LogP contribution is 2.29. The van der Waals surface area contributed by atoms with Gasteiger partial charge in [-0.15, -0.1) is 0 Å². The van der Waals surface area contributed by atoms with Crippen molar-refractivity contribution in [2.75, 3.05) is 47.0 Å². The Morgan fingerprint density at radius 2 is 1.74 bits per heavy atom. The molecule has 1 N–H and O–H groups in total. The number of para-hydroxylation sites is 1. The predicted octanol–water partition coefficient (Wildman–Crippen LogP) is 4.51. The minimum atomic E-state index is 0.413. The van der Waals surface area contributed by atoms with Crippen molar-refractivity contribution in [2.24, 2.45) is 0 Å². The summed E-state index contributed by atoms with van der Waals surface area (Å²) < 4.78 is 17.1. The Hall–Kier alpha value is -2.51. The number of piperidine rings is 1. The molecule has 34 heavy (non-hydrogen) atoms. The Morgan fingerprint density at radius 1 is 1.03 bits per heavy atom. The largest absolute Gasteiger partial charge is 0.496 e. The van der Waals surface area contributed by atoms with Crippen LogP contribution in [0.15, 0.2) is 42.5 Å². The molecule has 3 rings (SSSR count). The zero-order chi connectivity index (χ0) is 24.3. The van der Waals surface area contributed by atoms with E-state index in [0.29, 0.717) is 19.3 Å². The van der Waals surface area contributed by atoms with E-state index in [2.05, 4.69) is 46.4 Å². The summed E-state index contributed by atoms with van der Waals surface area (Å²) in [7, 11) is 3.91. The minimum Gasteiger partial charge on any atom is -0.496 e. The van der Waals surface area contributed by atoms with Gasteiger partial charge in [0.15, 0.2) is 16.6 Å². The number of methoxy groups -OCH3 is 1. The van der Waals surface area contributed by atoms with Gasteiger partial charge in [0, 0.05) is 24.7 Å². The lowest BCUT2D eigenvalue weighted by Gasteiger charge is -2.39. The van der Waals surface area contributed by atoms with Crippen molar-refractivity contribution >= 4 is 17.3 Å². The van der Waals surface area contributed by atoms with Gasteiger partial charge in [0.1, 0.15) is 5.75 Å². The van der Waals surface area contributed by atoms with Gasteiger partial charge in [0.25, 0.3) is 0 Å². The standard InChI is InChI=1S/C27H39N3O3S/c1-5-32-25-12-11-21(19-26(25)33-6-2)13-16-28-27(34)30(23-14-17-29(3)18-15-23)20-22-9-7-8-10-24(22)31-4/h7-12,19,23H,5-6,13-18,20H2,1-4H3,(H,28,34). The Balaban J connectivity index is 1.66. The van der Waals surface area contributed by atoms with Crippen LogP contribution in [0.5, 0.6) is 17.2 Å². The van der Waals surface area contributed by atoms with Crippen LogP contribution in [-0.4, -0.2) is 68.0 Å². The van der Waals surface area contributed by atoms with Gasteiger partial charge < -0.3 is 29.3 Å². The van der Waals surface area contributed by atoms with Gasteiger partial charge in [-0.2, -0.15) is 0 Å². The quantitative estimate of drug-likeness (QED) is 0.470. The van der Waals surface area contributed by atoms with Crippen molar-refractivity contribution in [1.82, 2.24) is 15.1 Å². The summed E-state index contributed by atoms with van der Waals surface area (Å²) in [5.41, 5.74) is 2.35. The van der Waals surface area contributed by atoms with Gasteiger partial charge in [-0.25, -0.2) is 0 Å². The molecule has 0 saturated carbocycles. The van der Waals surface area contributed by atoms with E-state index in [9.17, 15) is 0 Å². The lowest BCUT2D eigenvalue weighted by atomic mass is 10.0. The molecular formula is C27H39N3O3S. The molecule has 7 heteroatoms. The molecule has 0 aliphatic carbocycles. The maximum atomic E-state index is 5.92. The average Bonchev–Trinajstić information content (AvgIpc) is 2.85. The van der Waals surface area contributed by atoms with Gasteiger partial charge in [-0.3, -0.25) is 0 Å². The highest BCUT2D eigenvalue weighted by atomic mass is 32.1. The van der Waals surface area contributed by atoms with Gasteiger partial charge in [0.05, 0.1) is 20.3 Å². The Kier molecular flexibility index (Phi) is 10.3. The molecule has 2 aromatic carbocycles. The van der Waals surface area contributed by atoms with Crippen molar-refractivity contribution in [1.29, 1.82) is 0 Å². The fourth-order valence-electron chi connectivity index (χ4n) is 4.36. The molecule has 1 heterocycles. The summed E-state index contributed by atoms with van der Waals surface area (Å²) in [5.74, 6) is 2.50. The smallest absolute Gasteiger partial charge is 0.169 e. The molecule has 0 radical (unpaired) electrons. The third-order valence-electron chi connectivity index (χ3n) is 6.22. The first-order chi connectivity index (χ1) is 16.5. The molecular weight excluding hydrogens is 446 g/mol. The molecule has 1 aliphatic heterocycles. The normalized spacial score (nSPS) is 14.5. The van der Waals surface area contributed by atoms with Crippen molar-refractivity contribution in [3.63, 3.8) is 0 Å². The van der Waals surface area contributed by atoms with Crippen LogP contribution in [0.25, 0.3) is 0 Å². The Labute approximate surface area is 210 Å². The fraction of sp³-hybridized carbons (Fsp3) is 0.519. The van der Waals surface area contributed by atoms with E-state index in [1.54, 1.807) is 7.11 Å². The number of hydrogen-bond donors (Lipinski definition) is 1. The molecule has 0 bridgehead atoms. The molecule has 1 fully saturated rings. The summed E-state index contributed by atoms with van der Waals surface area (Å²) in [6.45, 7) is 8.87. The van der Waals surface area contributed by atoms with Crippen LogP contribution < -0.4 is 19.5 Å². The van der Waals surface area contributed by atoms with Crippen LogP contribution in [0.4, 0.5) is 0 Å². The maximum Gasteiger partial charge on any atom is 0.169 e. The summed E-state index contributed by atoms with van der Waals surface area (Å²) in [4.78, 5) is 4.74. The number of nitrogens with zero attached hydrogens (tertiary/aromatic N) is 2. The monoisotopic (exact) mass is 485 g/mol. The Morgan fingerprint density at radius 3 is 2.44 bits per heavy atom. The Bertz CT molecular complexity index is 916. The third-order valence-corrected chi connectivity index (χ3v) is 6.60. The summed E-state index contributed by atoms with van der Waals surface area (Å²) >= 11 is 5.92. The molecule has 186 valence electrons. The molecule has 0 atom stereocenters. The first-order valence-electron chi connectivity index (χ1n) is 12.3. The number of likely N-dealkylation sites (tertiary alicyclic amines) is 1. The number of ether oxygens (including phenoxy) is 3. The SMILES string of the molecule is CCOc1ccc(CCNC(=S)N(Cc2ccccc2OC)C2CCN(C)CC2)cc1OCC. The molecule has 0 unspecified atom stereocenters. The second-order valence-corrected chi connectivity index (χ2v) is 8.99. The number of hydrogen-bond acceptors (Lipinski definition) is 5. The van der Waals surface area contributed by atoms with Gasteiger partial charge in [-0.1, -0.05) is 24.3 Å². The second-order valence-electron chi connectivity index (χ2n) is 8.60. The molecule has 0 aromatic heterocycles. The highest BCUT2D eigenvalue weighted by Gasteiger charge is 2.26. The van der Waals surface area contributed by atoms with Crippen LogP contribution in [0, 0.1) is 0 Å². The van der Waals surface area contributed by atoms with E-state index >= 15 is 0 Å². The molecule has 0 spiro atoms. The second kappa shape index (κ2) is 13.4. The lowest BCUT2D eigenvalue weighted by molar-refractivity contribution is 0.170.